The fourth-order valence-electron chi connectivity index (χ4n) is 0.676. The van der Waals surface area contributed by atoms with Crippen LogP contribution in [-0.4, -0.2) is 17.7 Å². The molecule has 0 bridgehead atoms. The first-order chi connectivity index (χ1) is 4.38. The van der Waals surface area contributed by atoms with Gasteiger partial charge in [0.15, 0.2) is 0 Å². The second-order valence-corrected chi connectivity index (χ2v) is 1.70. The van der Waals surface area contributed by atoms with Gasteiger partial charge in [-0.2, -0.15) is 0 Å². The van der Waals surface area contributed by atoms with E-state index in [1.165, 1.54) is 11.1 Å². The molecule has 2 aliphatic rings. The highest BCUT2D eigenvalue weighted by atomic mass is 16.4. The molecule has 2 rings (SSSR count). The van der Waals surface area contributed by atoms with Gasteiger partial charge in [0, 0.05) is 0 Å². The summed E-state index contributed by atoms with van der Waals surface area (Å²) in [6, 6.07) is 8.48. The first kappa shape index (κ1) is 6.33. The number of benzene rings is 1. The molecule has 0 atom stereocenters. The summed E-state index contributed by atoms with van der Waals surface area (Å²) in [6.07, 6.45) is 0. The molecule has 0 aromatic heterocycles. The van der Waals surface area contributed by atoms with Crippen molar-refractivity contribution in [2.75, 3.05) is 0 Å². The average molecular weight is 121 g/mol. The molecule has 0 heterocycles. The molecule has 3 heteroatoms. The Kier molecular flexibility index (Phi) is 1.87. The third-order valence-corrected chi connectivity index (χ3v) is 1.11. The van der Waals surface area contributed by atoms with E-state index >= 15 is 0 Å². The van der Waals surface area contributed by atoms with Gasteiger partial charge in [0.2, 0.25) is 0 Å². The van der Waals surface area contributed by atoms with Gasteiger partial charge >= 0.3 is 7.69 Å². The highest BCUT2D eigenvalue weighted by Gasteiger charge is 2.06. The van der Waals surface area contributed by atoms with Crippen molar-refractivity contribution in [3.63, 3.8) is 0 Å². The molecule has 0 saturated heterocycles. The van der Waals surface area contributed by atoms with Crippen LogP contribution in [0, 0.1) is 0 Å². The zero-order valence-corrected chi connectivity index (χ0v) is 4.78. The maximum atomic E-state index is 7.00. The highest BCUT2D eigenvalue weighted by molar-refractivity contribution is 6.13. The Morgan fingerprint density at radius 1 is 1.11 bits per heavy atom. The van der Waals surface area contributed by atoms with Crippen molar-refractivity contribution in [3.8, 4) is 11.1 Å². The van der Waals surface area contributed by atoms with E-state index in [1.807, 2.05) is 0 Å². The summed E-state index contributed by atoms with van der Waals surface area (Å²) in [5.41, 5.74) is 2.85. The van der Waals surface area contributed by atoms with E-state index < -0.39 is 0 Å². The van der Waals surface area contributed by atoms with Crippen molar-refractivity contribution in [1.29, 1.82) is 0 Å². The molecule has 0 aliphatic heterocycles. The van der Waals surface area contributed by atoms with Crippen LogP contribution < -0.4 is 0 Å². The lowest BCUT2D eigenvalue weighted by Crippen LogP contribution is -1.75. The minimum atomic E-state index is 0. The molecule has 0 spiro atoms. The molecule has 0 fully saturated rings. The molecule has 0 aromatic carbocycles. The third-order valence-electron chi connectivity index (χ3n) is 1.11. The Hall–Kier alpha value is -0.795. The van der Waals surface area contributed by atoms with Crippen LogP contribution in [0.25, 0.3) is 11.1 Å². The lowest BCUT2D eigenvalue weighted by atomic mass is 10.5. The molecular formula is C6H6BO2. The molecule has 0 aromatic rings. The van der Waals surface area contributed by atoms with E-state index in [9.17, 15) is 0 Å². The van der Waals surface area contributed by atoms with Gasteiger partial charge in [0.1, 0.15) is 0 Å². The first-order valence-corrected chi connectivity index (χ1v) is 2.59. The SMILES string of the molecule is O[B]O.c1cc2cc-2c1. The maximum Gasteiger partial charge on any atom is 0.482 e. The van der Waals surface area contributed by atoms with Crippen molar-refractivity contribution in [3.05, 3.63) is 24.3 Å². The van der Waals surface area contributed by atoms with Gasteiger partial charge in [-0.25, -0.2) is 0 Å². The molecular weight excluding hydrogens is 115 g/mol. The van der Waals surface area contributed by atoms with Crippen molar-refractivity contribution in [2.24, 2.45) is 0 Å². The lowest BCUT2D eigenvalue weighted by Gasteiger charge is -1.48. The fraction of sp³-hybridized carbons (Fsp3) is 0. The van der Waals surface area contributed by atoms with Crippen LogP contribution in [-0.2, 0) is 0 Å². The van der Waals surface area contributed by atoms with Gasteiger partial charge in [-0.15, -0.1) is 0 Å². The molecule has 0 amide bonds. The average Bonchev–Trinajstić information content (AvgIpc) is 2.43. The molecule has 2 nitrogen and oxygen atoms in total. The maximum absolute atomic E-state index is 7.00. The van der Waals surface area contributed by atoms with Gasteiger partial charge in [-0.1, -0.05) is 18.2 Å². The number of hydrogen-bond donors (Lipinski definition) is 2. The van der Waals surface area contributed by atoms with Gasteiger partial charge < -0.3 is 10.0 Å². The Balaban J connectivity index is 0.000000120. The molecule has 0 unspecified atom stereocenters. The van der Waals surface area contributed by atoms with Crippen molar-refractivity contribution >= 4 is 7.69 Å². The Labute approximate surface area is 54.1 Å². The predicted octanol–water partition coefficient (Wildman–Crippen LogP) is 0.172. The normalized spacial score (nSPS) is 9.11. The Morgan fingerprint density at radius 2 is 1.56 bits per heavy atom. The Morgan fingerprint density at radius 3 is 1.67 bits per heavy atom. The molecule has 0 saturated carbocycles. The van der Waals surface area contributed by atoms with Crippen molar-refractivity contribution in [2.45, 2.75) is 0 Å². The second-order valence-electron chi connectivity index (χ2n) is 1.70. The summed E-state index contributed by atoms with van der Waals surface area (Å²) in [5, 5.41) is 14.0. The molecule has 45 valence electrons. The van der Waals surface area contributed by atoms with E-state index in [2.05, 4.69) is 24.3 Å². The van der Waals surface area contributed by atoms with Crippen LogP contribution in [0.4, 0.5) is 0 Å². The molecule has 2 N–H and O–H groups in total. The minimum absolute atomic E-state index is 0. The summed E-state index contributed by atoms with van der Waals surface area (Å²) in [5.74, 6) is 0. The topological polar surface area (TPSA) is 40.5 Å². The second kappa shape index (κ2) is 2.66. The fourth-order valence-corrected chi connectivity index (χ4v) is 0.676. The van der Waals surface area contributed by atoms with E-state index in [0.29, 0.717) is 0 Å². The quantitative estimate of drug-likeness (QED) is 0.487. The van der Waals surface area contributed by atoms with Crippen molar-refractivity contribution in [1.82, 2.24) is 0 Å². The minimum Gasteiger partial charge on any atom is -0.429 e. The number of fused-ring (bicyclic) bond motifs is 1. The number of rotatable bonds is 0. The van der Waals surface area contributed by atoms with Crippen LogP contribution in [0.5, 0.6) is 0 Å². The van der Waals surface area contributed by atoms with Crippen LogP contribution >= 0.6 is 0 Å². The molecule has 2 aliphatic carbocycles. The van der Waals surface area contributed by atoms with Gasteiger partial charge in [0.25, 0.3) is 0 Å². The monoisotopic (exact) mass is 121 g/mol. The van der Waals surface area contributed by atoms with Crippen LogP contribution in [0.2, 0.25) is 0 Å². The van der Waals surface area contributed by atoms with E-state index in [1.54, 1.807) is 0 Å². The van der Waals surface area contributed by atoms with Crippen LogP contribution in [0.15, 0.2) is 24.3 Å². The largest absolute Gasteiger partial charge is 0.482 e. The zero-order valence-electron chi connectivity index (χ0n) is 4.78. The first-order valence-electron chi connectivity index (χ1n) is 2.59. The van der Waals surface area contributed by atoms with Crippen molar-refractivity contribution < 1.29 is 10.0 Å². The summed E-state index contributed by atoms with van der Waals surface area (Å²) in [7, 11) is 0. The van der Waals surface area contributed by atoms with Gasteiger partial charge in [-0.05, 0) is 17.2 Å². The predicted molar refractivity (Wildman–Crippen MR) is 35.6 cm³/mol. The lowest BCUT2D eigenvalue weighted by molar-refractivity contribution is 0.448. The molecule has 9 heavy (non-hydrogen) atoms. The van der Waals surface area contributed by atoms with E-state index in [4.69, 9.17) is 10.0 Å². The highest BCUT2D eigenvalue weighted by Crippen LogP contribution is 2.32. The summed E-state index contributed by atoms with van der Waals surface area (Å²) < 4.78 is 0. The third kappa shape index (κ3) is 1.55. The zero-order chi connectivity index (χ0) is 6.69. The number of hydrogen-bond acceptors (Lipinski definition) is 2. The van der Waals surface area contributed by atoms with E-state index in [0.717, 1.165) is 0 Å². The van der Waals surface area contributed by atoms with Gasteiger partial charge in [0.05, 0.1) is 0 Å². The molecule has 1 radical (unpaired) electrons. The van der Waals surface area contributed by atoms with E-state index in [-0.39, 0.29) is 7.69 Å². The van der Waals surface area contributed by atoms with Crippen LogP contribution in [0.3, 0.4) is 0 Å². The standard InChI is InChI=1S/C6H4.BH2O2/c1-2-5-4-6(5)3-1;2-1-3/h1-4H;2-3H. The summed E-state index contributed by atoms with van der Waals surface area (Å²) in [4.78, 5) is 0. The van der Waals surface area contributed by atoms with Crippen LogP contribution in [0.1, 0.15) is 0 Å². The smallest absolute Gasteiger partial charge is 0.429 e. The summed E-state index contributed by atoms with van der Waals surface area (Å²) in [6.45, 7) is 0. The summed E-state index contributed by atoms with van der Waals surface area (Å²) >= 11 is 0. The van der Waals surface area contributed by atoms with Gasteiger partial charge in [-0.3, -0.25) is 0 Å². The Bertz CT molecular complexity index is 183.